The first-order valence-corrected chi connectivity index (χ1v) is 10.8. The number of nitro benzene ring substituents is 1. The van der Waals surface area contributed by atoms with Crippen molar-refractivity contribution in [1.29, 1.82) is 0 Å². The van der Waals surface area contributed by atoms with Crippen molar-refractivity contribution in [2.45, 2.75) is 25.4 Å². The van der Waals surface area contributed by atoms with E-state index in [4.69, 9.17) is 0 Å². The second-order valence-electron chi connectivity index (χ2n) is 6.75. The van der Waals surface area contributed by atoms with Crippen molar-refractivity contribution in [3.8, 4) is 0 Å². The first-order chi connectivity index (χ1) is 15.4. The molecule has 0 aliphatic rings. The van der Waals surface area contributed by atoms with Crippen molar-refractivity contribution in [1.82, 2.24) is 15.4 Å². The highest BCUT2D eigenvalue weighted by Gasteiger charge is 2.12. The number of benzene rings is 2. The number of hydrogen-bond donors (Lipinski definition) is 2. The highest BCUT2D eigenvalue weighted by atomic mass is 32.2. The van der Waals surface area contributed by atoms with Gasteiger partial charge in [0.2, 0.25) is 0 Å². The Morgan fingerprint density at radius 2 is 1.84 bits per heavy atom. The van der Waals surface area contributed by atoms with E-state index in [0.717, 1.165) is 5.56 Å². The Hall–Kier alpha value is -3.79. The van der Waals surface area contributed by atoms with Crippen LogP contribution in [0.4, 0.5) is 5.69 Å². The minimum absolute atomic E-state index is 0.0997. The number of carbonyl (C=O) groups is 1. The maximum absolute atomic E-state index is 12.4. The van der Waals surface area contributed by atoms with Gasteiger partial charge in [-0.3, -0.25) is 19.7 Å². The van der Waals surface area contributed by atoms with Crippen molar-refractivity contribution < 1.29 is 9.72 Å². The smallest absolute Gasteiger partial charge is 0.271 e. The lowest BCUT2D eigenvalue weighted by atomic mass is 10.1. The largest absolute Gasteiger partial charge is 0.301 e. The molecule has 10 heteroatoms. The zero-order valence-electron chi connectivity index (χ0n) is 17.5. The molecule has 0 unspecified atom stereocenters. The molecular weight excluding hydrogens is 430 g/mol. The van der Waals surface area contributed by atoms with Crippen LogP contribution >= 0.6 is 11.8 Å². The quantitative estimate of drug-likeness (QED) is 0.177. The normalized spacial score (nSPS) is 11.2. The number of aromatic nitrogens is 2. The Morgan fingerprint density at radius 1 is 1.16 bits per heavy atom. The van der Waals surface area contributed by atoms with Gasteiger partial charge in [0.25, 0.3) is 17.2 Å². The van der Waals surface area contributed by atoms with Crippen LogP contribution in [0.15, 0.2) is 69.6 Å². The van der Waals surface area contributed by atoms with Gasteiger partial charge in [0.15, 0.2) is 5.16 Å². The molecule has 1 amide bonds. The van der Waals surface area contributed by atoms with E-state index in [2.05, 4.69) is 20.5 Å². The topological polar surface area (TPSA) is 130 Å². The van der Waals surface area contributed by atoms with E-state index in [1.54, 1.807) is 6.92 Å². The highest BCUT2D eigenvalue weighted by Crippen LogP contribution is 2.16. The van der Waals surface area contributed by atoms with Crippen molar-refractivity contribution in [2.75, 3.05) is 5.75 Å². The minimum Gasteiger partial charge on any atom is -0.301 e. The van der Waals surface area contributed by atoms with Gasteiger partial charge in [-0.05, 0) is 31.0 Å². The van der Waals surface area contributed by atoms with E-state index in [1.807, 2.05) is 37.3 Å². The lowest BCUT2D eigenvalue weighted by Gasteiger charge is -2.09. The number of hydrogen-bond acceptors (Lipinski definition) is 7. The van der Waals surface area contributed by atoms with Crippen LogP contribution in [0, 0.1) is 17.0 Å². The molecule has 1 heterocycles. The number of carbonyl (C=O) groups excluding carboxylic acids is 1. The minimum atomic E-state index is -0.530. The zero-order valence-corrected chi connectivity index (χ0v) is 18.3. The summed E-state index contributed by atoms with van der Waals surface area (Å²) in [6.45, 7) is 3.70. The Morgan fingerprint density at radius 3 is 2.44 bits per heavy atom. The molecule has 0 saturated carbocycles. The third kappa shape index (κ3) is 5.67. The van der Waals surface area contributed by atoms with Crippen molar-refractivity contribution in [3.63, 3.8) is 0 Å². The molecule has 3 aromatic rings. The molecular formula is C22H21N5O4S. The first-order valence-electron chi connectivity index (χ1n) is 9.78. The van der Waals surface area contributed by atoms with E-state index in [9.17, 15) is 19.7 Å². The molecule has 2 N–H and O–H groups in total. The highest BCUT2D eigenvalue weighted by molar-refractivity contribution is 7.99. The standard InChI is InChI=1S/C22H21N5O4S/c1-3-18-14(2)23-22(24-21(18)29)32-13-19(15-7-5-4-6-8-15)25-26-20(28)16-9-11-17(12-10-16)27(30)31/h4-12H,3,13H2,1-2H3,(H,26,28)(H,23,24,29)/b25-19-. The zero-order chi connectivity index (χ0) is 23.1. The molecule has 3 rings (SSSR count). The van der Waals surface area contributed by atoms with Gasteiger partial charge in [0.05, 0.1) is 10.6 Å². The van der Waals surface area contributed by atoms with Crippen LogP contribution < -0.4 is 11.0 Å². The van der Waals surface area contributed by atoms with Crippen LogP contribution in [-0.2, 0) is 6.42 Å². The maximum atomic E-state index is 12.4. The summed E-state index contributed by atoms with van der Waals surface area (Å²) in [6, 6.07) is 14.6. The summed E-state index contributed by atoms with van der Waals surface area (Å²) >= 11 is 1.30. The molecule has 0 atom stereocenters. The number of nitrogens with zero attached hydrogens (tertiary/aromatic N) is 3. The number of amides is 1. The first kappa shape index (κ1) is 22.9. The molecule has 0 fully saturated rings. The molecule has 0 bridgehead atoms. The Balaban J connectivity index is 1.79. The Labute approximate surface area is 188 Å². The summed E-state index contributed by atoms with van der Waals surface area (Å²) in [4.78, 5) is 42.1. The van der Waals surface area contributed by atoms with Gasteiger partial charge in [0.1, 0.15) is 0 Å². The molecule has 0 radical (unpaired) electrons. The molecule has 2 aromatic carbocycles. The fraction of sp³-hybridized carbons (Fsp3) is 0.182. The average molecular weight is 452 g/mol. The van der Waals surface area contributed by atoms with Gasteiger partial charge < -0.3 is 4.98 Å². The van der Waals surface area contributed by atoms with E-state index in [1.165, 1.54) is 36.0 Å². The van der Waals surface area contributed by atoms with Crippen molar-refractivity contribution >= 4 is 29.1 Å². The van der Waals surface area contributed by atoms with Gasteiger partial charge in [-0.25, -0.2) is 10.4 Å². The van der Waals surface area contributed by atoms with Gasteiger partial charge in [-0.1, -0.05) is 49.0 Å². The van der Waals surface area contributed by atoms with Gasteiger partial charge in [-0.15, -0.1) is 0 Å². The second-order valence-corrected chi connectivity index (χ2v) is 7.71. The van der Waals surface area contributed by atoms with Crippen LogP contribution in [0.1, 0.15) is 34.1 Å². The average Bonchev–Trinajstić information content (AvgIpc) is 2.79. The maximum Gasteiger partial charge on any atom is 0.271 e. The molecule has 0 saturated heterocycles. The summed E-state index contributed by atoms with van der Waals surface area (Å²) in [5, 5.41) is 15.5. The number of rotatable bonds is 8. The number of hydrazone groups is 1. The summed E-state index contributed by atoms with van der Waals surface area (Å²) < 4.78 is 0. The number of non-ortho nitro benzene ring substituents is 1. The SMILES string of the molecule is CCc1c(C)nc(SC/C(=N/NC(=O)c2ccc([N+](=O)[O-])cc2)c2ccccc2)[nH]c1=O. The molecule has 32 heavy (non-hydrogen) atoms. The van der Waals surface area contributed by atoms with Crippen LogP contribution in [0.3, 0.4) is 0 Å². The number of nitro groups is 1. The third-order valence-corrected chi connectivity index (χ3v) is 5.52. The fourth-order valence-electron chi connectivity index (χ4n) is 2.93. The molecule has 1 aromatic heterocycles. The fourth-order valence-corrected chi connectivity index (χ4v) is 3.81. The van der Waals surface area contributed by atoms with E-state index in [-0.39, 0.29) is 16.8 Å². The van der Waals surface area contributed by atoms with Gasteiger partial charge in [-0.2, -0.15) is 5.10 Å². The summed E-state index contributed by atoms with van der Waals surface area (Å²) in [5.41, 5.74) is 5.20. The lowest BCUT2D eigenvalue weighted by Crippen LogP contribution is -2.21. The Bertz CT molecular complexity index is 1210. The molecule has 9 nitrogen and oxygen atoms in total. The molecule has 0 aliphatic heterocycles. The Kier molecular flexibility index (Phi) is 7.50. The lowest BCUT2D eigenvalue weighted by molar-refractivity contribution is -0.384. The van der Waals surface area contributed by atoms with E-state index >= 15 is 0 Å². The van der Waals surface area contributed by atoms with Crippen molar-refractivity contribution in [3.05, 3.63) is 97.4 Å². The van der Waals surface area contributed by atoms with Crippen LogP contribution in [0.25, 0.3) is 0 Å². The van der Waals surface area contributed by atoms with Crippen LogP contribution in [0.2, 0.25) is 0 Å². The van der Waals surface area contributed by atoms with Crippen molar-refractivity contribution in [2.24, 2.45) is 5.10 Å². The van der Waals surface area contributed by atoms with E-state index in [0.29, 0.717) is 34.3 Å². The number of nitrogens with one attached hydrogen (secondary N) is 2. The van der Waals surface area contributed by atoms with Gasteiger partial charge in [0, 0.05) is 34.7 Å². The molecule has 0 aliphatic carbocycles. The monoisotopic (exact) mass is 451 g/mol. The van der Waals surface area contributed by atoms with E-state index < -0.39 is 10.8 Å². The number of H-pyrrole nitrogens is 1. The van der Waals surface area contributed by atoms with Crippen LogP contribution in [0.5, 0.6) is 0 Å². The molecule has 0 spiro atoms. The summed E-state index contributed by atoms with van der Waals surface area (Å²) in [7, 11) is 0. The second kappa shape index (κ2) is 10.5. The number of aryl methyl sites for hydroxylation is 1. The number of thioether (sulfide) groups is 1. The molecule has 164 valence electrons. The van der Waals surface area contributed by atoms with Crippen LogP contribution in [-0.4, -0.2) is 32.3 Å². The third-order valence-electron chi connectivity index (χ3n) is 4.64. The summed E-state index contributed by atoms with van der Waals surface area (Å²) in [6.07, 6.45) is 0.602. The van der Waals surface area contributed by atoms with Gasteiger partial charge >= 0.3 is 0 Å². The predicted octanol–water partition coefficient (Wildman–Crippen LogP) is 3.48. The summed E-state index contributed by atoms with van der Waals surface area (Å²) in [5.74, 6) is -0.147. The number of aromatic amines is 1. The predicted molar refractivity (Wildman–Crippen MR) is 123 cm³/mol.